The molecule has 2 aromatic carbocycles. The fraction of sp³-hybridized carbons (Fsp3) is 0.188. The number of aliphatic hydroxyl groups is 1. The SMILES string of the molecule is Cc1ccc(CO)cc1NC(=O)Cc1c(F)cccc1Cl. The van der Waals surface area contributed by atoms with E-state index in [0.29, 0.717) is 11.3 Å². The molecular weight excluding hydrogens is 293 g/mol. The van der Waals surface area contributed by atoms with E-state index in [2.05, 4.69) is 5.32 Å². The third-order valence-corrected chi connectivity index (χ3v) is 3.51. The molecule has 0 bridgehead atoms. The maximum atomic E-state index is 13.7. The van der Waals surface area contributed by atoms with Crippen LogP contribution in [0.4, 0.5) is 10.1 Å². The molecule has 0 saturated heterocycles. The number of aryl methyl sites for hydroxylation is 1. The molecule has 0 fully saturated rings. The summed E-state index contributed by atoms with van der Waals surface area (Å²) in [6.07, 6.45) is -0.145. The van der Waals surface area contributed by atoms with Crippen molar-refractivity contribution < 1.29 is 14.3 Å². The summed E-state index contributed by atoms with van der Waals surface area (Å²) in [5.74, 6) is -0.862. The fourth-order valence-corrected chi connectivity index (χ4v) is 2.19. The zero-order valence-corrected chi connectivity index (χ0v) is 12.2. The molecule has 1 amide bonds. The fourth-order valence-electron chi connectivity index (χ4n) is 1.96. The van der Waals surface area contributed by atoms with Crippen molar-refractivity contribution in [3.05, 3.63) is 63.9 Å². The Kier molecular flexibility index (Phi) is 4.94. The third-order valence-electron chi connectivity index (χ3n) is 3.16. The van der Waals surface area contributed by atoms with Gasteiger partial charge in [0.15, 0.2) is 0 Å². The molecule has 2 aromatic rings. The normalized spacial score (nSPS) is 10.5. The predicted octanol–water partition coefficient (Wildman–Crippen LogP) is 3.46. The van der Waals surface area contributed by atoms with Crippen molar-refractivity contribution in [1.29, 1.82) is 0 Å². The van der Waals surface area contributed by atoms with Gasteiger partial charge in [-0.3, -0.25) is 4.79 Å². The summed E-state index contributed by atoms with van der Waals surface area (Å²) in [4.78, 5) is 12.0. The zero-order chi connectivity index (χ0) is 15.4. The van der Waals surface area contributed by atoms with Crippen LogP contribution in [0.3, 0.4) is 0 Å². The summed E-state index contributed by atoms with van der Waals surface area (Å²) in [5.41, 5.74) is 2.33. The third kappa shape index (κ3) is 3.80. The molecule has 21 heavy (non-hydrogen) atoms. The van der Waals surface area contributed by atoms with Gasteiger partial charge in [-0.1, -0.05) is 29.8 Å². The largest absolute Gasteiger partial charge is 0.392 e. The van der Waals surface area contributed by atoms with Crippen molar-refractivity contribution in [2.24, 2.45) is 0 Å². The summed E-state index contributed by atoms with van der Waals surface area (Å²) >= 11 is 5.90. The molecule has 0 aliphatic rings. The Labute approximate surface area is 127 Å². The van der Waals surface area contributed by atoms with Crippen LogP contribution in [-0.2, 0) is 17.8 Å². The van der Waals surface area contributed by atoms with E-state index < -0.39 is 5.82 Å². The molecule has 0 spiro atoms. The molecule has 110 valence electrons. The first-order valence-electron chi connectivity index (χ1n) is 6.44. The van der Waals surface area contributed by atoms with Crippen LogP contribution in [-0.4, -0.2) is 11.0 Å². The highest BCUT2D eigenvalue weighted by atomic mass is 35.5. The molecule has 3 nitrogen and oxygen atoms in total. The van der Waals surface area contributed by atoms with E-state index in [1.807, 2.05) is 6.92 Å². The first kappa shape index (κ1) is 15.5. The second kappa shape index (κ2) is 6.70. The first-order chi connectivity index (χ1) is 10.0. The van der Waals surface area contributed by atoms with Crippen LogP contribution in [0.15, 0.2) is 36.4 Å². The Morgan fingerprint density at radius 2 is 2.10 bits per heavy atom. The van der Waals surface area contributed by atoms with Crippen molar-refractivity contribution in [1.82, 2.24) is 0 Å². The second-order valence-corrected chi connectivity index (χ2v) is 5.14. The number of benzene rings is 2. The van der Waals surface area contributed by atoms with Gasteiger partial charge in [0.2, 0.25) is 5.91 Å². The van der Waals surface area contributed by atoms with Gasteiger partial charge >= 0.3 is 0 Å². The monoisotopic (exact) mass is 307 g/mol. The number of carbonyl (C=O) groups excluding carboxylic acids is 1. The molecule has 2 rings (SSSR count). The molecule has 0 unspecified atom stereocenters. The molecule has 0 atom stereocenters. The molecule has 0 saturated carbocycles. The van der Waals surface area contributed by atoms with Crippen molar-refractivity contribution >= 4 is 23.2 Å². The van der Waals surface area contributed by atoms with Crippen LogP contribution in [0.1, 0.15) is 16.7 Å². The van der Waals surface area contributed by atoms with Crippen LogP contribution >= 0.6 is 11.6 Å². The first-order valence-corrected chi connectivity index (χ1v) is 6.82. The van der Waals surface area contributed by atoms with Gasteiger partial charge in [0.1, 0.15) is 5.82 Å². The second-order valence-electron chi connectivity index (χ2n) is 4.73. The Morgan fingerprint density at radius 3 is 2.76 bits per heavy atom. The van der Waals surface area contributed by atoms with E-state index in [1.165, 1.54) is 12.1 Å². The minimum Gasteiger partial charge on any atom is -0.392 e. The number of nitrogens with one attached hydrogen (secondary N) is 1. The Bertz CT molecular complexity index is 653. The number of aliphatic hydroxyl groups excluding tert-OH is 1. The van der Waals surface area contributed by atoms with Gasteiger partial charge < -0.3 is 10.4 Å². The van der Waals surface area contributed by atoms with Crippen molar-refractivity contribution in [3.8, 4) is 0 Å². The van der Waals surface area contributed by atoms with E-state index in [0.717, 1.165) is 5.56 Å². The smallest absolute Gasteiger partial charge is 0.228 e. The minimum absolute atomic E-state index is 0.109. The molecule has 0 heterocycles. The summed E-state index contributed by atoms with van der Waals surface area (Å²) in [7, 11) is 0. The van der Waals surface area contributed by atoms with Crippen molar-refractivity contribution in [2.45, 2.75) is 20.0 Å². The molecule has 5 heteroatoms. The Balaban J connectivity index is 2.15. The summed E-state index contributed by atoms with van der Waals surface area (Å²) in [6.45, 7) is 1.73. The minimum atomic E-state index is -0.501. The van der Waals surface area contributed by atoms with Crippen LogP contribution in [0.2, 0.25) is 5.02 Å². The lowest BCUT2D eigenvalue weighted by Crippen LogP contribution is -2.16. The topological polar surface area (TPSA) is 49.3 Å². The average Bonchev–Trinajstić information content (AvgIpc) is 2.45. The number of anilines is 1. The molecule has 2 N–H and O–H groups in total. The van der Waals surface area contributed by atoms with Gasteiger partial charge in [0.25, 0.3) is 0 Å². The van der Waals surface area contributed by atoms with Gasteiger partial charge in [0.05, 0.1) is 13.0 Å². The number of carbonyl (C=O) groups is 1. The Morgan fingerprint density at radius 1 is 1.33 bits per heavy atom. The number of rotatable bonds is 4. The van der Waals surface area contributed by atoms with Crippen LogP contribution in [0, 0.1) is 12.7 Å². The highest BCUT2D eigenvalue weighted by Crippen LogP contribution is 2.21. The molecule has 0 radical (unpaired) electrons. The summed E-state index contributed by atoms with van der Waals surface area (Å²) in [6, 6.07) is 9.58. The lowest BCUT2D eigenvalue weighted by atomic mass is 10.1. The van der Waals surface area contributed by atoms with Crippen molar-refractivity contribution in [2.75, 3.05) is 5.32 Å². The number of hydrogen-bond acceptors (Lipinski definition) is 2. The predicted molar refractivity (Wildman–Crippen MR) is 80.8 cm³/mol. The molecule has 0 aliphatic heterocycles. The maximum absolute atomic E-state index is 13.7. The van der Waals surface area contributed by atoms with Crippen molar-refractivity contribution in [3.63, 3.8) is 0 Å². The van der Waals surface area contributed by atoms with Crippen LogP contribution in [0.25, 0.3) is 0 Å². The molecule has 0 aliphatic carbocycles. The quantitative estimate of drug-likeness (QED) is 0.909. The summed E-state index contributed by atoms with van der Waals surface area (Å²) < 4.78 is 13.7. The standard InChI is InChI=1S/C16H15ClFNO2/c1-10-5-6-11(9-20)7-15(10)19-16(21)8-12-13(17)3-2-4-14(12)18/h2-7,20H,8-9H2,1H3,(H,19,21). The average molecular weight is 308 g/mol. The van der Waals surface area contributed by atoms with Gasteiger partial charge in [-0.15, -0.1) is 0 Å². The van der Waals surface area contributed by atoms with Crippen LogP contribution < -0.4 is 5.32 Å². The number of amides is 1. The molecular formula is C16H15ClFNO2. The van der Waals surface area contributed by atoms with Gasteiger partial charge in [-0.25, -0.2) is 4.39 Å². The Hall–Kier alpha value is -1.91. The highest BCUT2D eigenvalue weighted by molar-refractivity contribution is 6.31. The lowest BCUT2D eigenvalue weighted by molar-refractivity contribution is -0.115. The zero-order valence-electron chi connectivity index (χ0n) is 11.5. The summed E-state index contributed by atoms with van der Waals surface area (Å²) in [5, 5.41) is 12.1. The molecule has 0 aromatic heterocycles. The maximum Gasteiger partial charge on any atom is 0.228 e. The number of hydrogen-bond donors (Lipinski definition) is 2. The number of halogens is 2. The van der Waals surface area contributed by atoms with E-state index >= 15 is 0 Å². The van der Waals surface area contributed by atoms with Gasteiger partial charge in [-0.2, -0.15) is 0 Å². The van der Waals surface area contributed by atoms with E-state index in [9.17, 15) is 9.18 Å². The van der Waals surface area contributed by atoms with Gasteiger partial charge in [0, 0.05) is 16.3 Å². The van der Waals surface area contributed by atoms with E-state index in [1.54, 1.807) is 24.3 Å². The highest BCUT2D eigenvalue weighted by Gasteiger charge is 2.13. The lowest BCUT2D eigenvalue weighted by Gasteiger charge is -2.11. The van der Waals surface area contributed by atoms with E-state index in [4.69, 9.17) is 16.7 Å². The van der Waals surface area contributed by atoms with E-state index in [-0.39, 0.29) is 29.5 Å². The van der Waals surface area contributed by atoms with Crippen LogP contribution in [0.5, 0.6) is 0 Å². The van der Waals surface area contributed by atoms with Gasteiger partial charge in [-0.05, 0) is 36.2 Å².